The van der Waals surface area contributed by atoms with Gasteiger partial charge in [-0.05, 0) is 25.3 Å². The van der Waals surface area contributed by atoms with Gasteiger partial charge in [-0.3, -0.25) is 0 Å². The lowest BCUT2D eigenvalue weighted by Gasteiger charge is -2.14. The summed E-state index contributed by atoms with van der Waals surface area (Å²) in [4.78, 5) is 0. The van der Waals surface area contributed by atoms with Crippen molar-refractivity contribution in [2.75, 3.05) is 6.54 Å². The van der Waals surface area contributed by atoms with E-state index in [2.05, 4.69) is 19.2 Å². The van der Waals surface area contributed by atoms with E-state index in [0.29, 0.717) is 6.04 Å². The predicted molar refractivity (Wildman–Crippen MR) is 71.8 cm³/mol. The number of nitrogens with two attached hydrogens (primary N) is 1. The molecule has 2 nitrogen and oxygen atoms in total. The maximum atomic E-state index is 10.0. The topological polar surface area (TPSA) is 36.8 Å². The van der Waals surface area contributed by atoms with E-state index >= 15 is 0 Å². The first-order chi connectivity index (χ1) is 8.24. The van der Waals surface area contributed by atoms with Crippen LogP contribution < -0.4 is 5.32 Å². The van der Waals surface area contributed by atoms with Gasteiger partial charge >= 0.3 is 0 Å². The molecule has 0 amide bonds. The molecule has 0 aliphatic rings. The minimum absolute atomic E-state index is 0.343. The van der Waals surface area contributed by atoms with Gasteiger partial charge in [-0.15, -0.1) is 0 Å². The summed E-state index contributed by atoms with van der Waals surface area (Å²) in [7, 11) is 0. The molecule has 0 fully saturated rings. The fourth-order valence-corrected chi connectivity index (χ4v) is 2.01. The molecule has 96 valence electrons. The number of hydrogen-bond acceptors (Lipinski definition) is 1. The molecule has 0 saturated carbocycles. The first-order valence-corrected chi connectivity index (χ1v) is 6.80. The second kappa shape index (κ2) is 8.26. The molecule has 17 heavy (non-hydrogen) atoms. The molecule has 0 aliphatic carbocycles. The van der Waals surface area contributed by atoms with Crippen molar-refractivity contribution < 1.29 is 10.4 Å². The second-order valence-corrected chi connectivity index (χ2v) is 4.87. The minimum atomic E-state index is -0.343. The molecular weight excluding hydrogens is 210 g/mol. The molecule has 0 aromatic heterocycles. The van der Waals surface area contributed by atoms with Gasteiger partial charge in [0.05, 0.1) is 6.04 Å². The normalized spacial score (nSPS) is 14.5. The molecule has 1 rings (SSSR count). The van der Waals surface area contributed by atoms with Crippen LogP contribution in [0.1, 0.15) is 51.2 Å². The van der Waals surface area contributed by atoms with Gasteiger partial charge in [0, 0.05) is 0 Å². The van der Waals surface area contributed by atoms with E-state index in [0.717, 1.165) is 12.1 Å². The number of unbranched alkanes of at least 4 members (excludes halogenated alkanes) is 2. The summed E-state index contributed by atoms with van der Waals surface area (Å²) in [5.74, 6) is 0. The van der Waals surface area contributed by atoms with Gasteiger partial charge in [-0.1, -0.05) is 50.1 Å². The molecule has 0 spiro atoms. The van der Waals surface area contributed by atoms with Crippen molar-refractivity contribution in [3.63, 3.8) is 0 Å². The lowest BCUT2D eigenvalue weighted by molar-refractivity contribution is -0.693. The second-order valence-electron chi connectivity index (χ2n) is 4.87. The van der Waals surface area contributed by atoms with Crippen LogP contribution in [-0.4, -0.2) is 17.7 Å². The van der Waals surface area contributed by atoms with Crippen LogP contribution in [0.5, 0.6) is 0 Å². The third-order valence-corrected chi connectivity index (χ3v) is 3.21. The lowest BCUT2D eigenvalue weighted by atomic mass is 10.1. The Morgan fingerprint density at radius 2 is 1.88 bits per heavy atom. The average Bonchev–Trinajstić information content (AvgIpc) is 2.37. The van der Waals surface area contributed by atoms with Crippen molar-refractivity contribution in [2.45, 2.75) is 51.7 Å². The number of quaternary nitrogens is 1. The molecule has 0 bridgehead atoms. The average molecular weight is 236 g/mol. The summed E-state index contributed by atoms with van der Waals surface area (Å²) in [5, 5.41) is 12.3. The van der Waals surface area contributed by atoms with Gasteiger partial charge in [0.25, 0.3) is 0 Å². The quantitative estimate of drug-likeness (QED) is 0.667. The van der Waals surface area contributed by atoms with E-state index in [1.165, 1.54) is 25.7 Å². The molecule has 3 N–H and O–H groups in total. The molecule has 1 aromatic rings. The van der Waals surface area contributed by atoms with Gasteiger partial charge in [-0.2, -0.15) is 0 Å². The summed E-state index contributed by atoms with van der Waals surface area (Å²) < 4.78 is 0. The summed E-state index contributed by atoms with van der Waals surface area (Å²) >= 11 is 0. The van der Waals surface area contributed by atoms with E-state index in [1.807, 2.05) is 30.3 Å². The zero-order valence-corrected chi connectivity index (χ0v) is 11.1. The minimum Gasteiger partial charge on any atom is -0.382 e. The molecule has 2 heteroatoms. The molecule has 0 unspecified atom stereocenters. The highest BCUT2D eigenvalue weighted by atomic mass is 16.3. The number of aliphatic hydroxyl groups is 1. The number of hydrogen-bond donors (Lipinski definition) is 2. The van der Waals surface area contributed by atoms with Crippen LogP contribution in [0.2, 0.25) is 0 Å². The van der Waals surface area contributed by atoms with Crippen LogP contribution in [0.25, 0.3) is 0 Å². The zero-order valence-electron chi connectivity index (χ0n) is 11.1. The summed E-state index contributed by atoms with van der Waals surface area (Å²) in [6.45, 7) is 5.23. The van der Waals surface area contributed by atoms with Crippen LogP contribution in [0.3, 0.4) is 0 Å². The van der Waals surface area contributed by atoms with Crippen molar-refractivity contribution in [1.29, 1.82) is 0 Å². The van der Waals surface area contributed by atoms with E-state index in [-0.39, 0.29) is 6.10 Å². The molecule has 0 heterocycles. The Labute approximate surface area is 105 Å². The van der Waals surface area contributed by atoms with E-state index in [9.17, 15) is 5.11 Å². The van der Waals surface area contributed by atoms with Crippen LogP contribution in [0.4, 0.5) is 0 Å². The van der Waals surface area contributed by atoms with Gasteiger partial charge < -0.3 is 10.4 Å². The molecule has 2 atom stereocenters. The van der Waals surface area contributed by atoms with Crippen molar-refractivity contribution in [1.82, 2.24) is 0 Å². The third kappa shape index (κ3) is 5.85. The number of benzene rings is 1. The highest BCUT2D eigenvalue weighted by molar-refractivity contribution is 5.16. The first kappa shape index (κ1) is 14.2. The van der Waals surface area contributed by atoms with Crippen LogP contribution >= 0.6 is 0 Å². The first-order valence-electron chi connectivity index (χ1n) is 6.80. The van der Waals surface area contributed by atoms with Gasteiger partial charge in [0.2, 0.25) is 0 Å². The fraction of sp³-hybridized carbons (Fsp3) is 0.600. The number of rotatable bonds is 8. The third-order valence-electron chi connectivity index (χ3n) is 3.21. The van der Waals surface area contributed by atoms with Gasteiger partial charge in [0.1, 0.15) is 12.6 Å². The Bertz CT molecular complexity index is 286. The van der Waals surface area contributed by atoms with Crippen molar-refractivity contribution >= 4 is 0 Å². The maximum Gasteiger partial charge on any atom is 0.128 e. The fourth-order valence-electron chi connectivity index (χ4n) is 2.01. The van der Waals surface area contributed by atoms with E-state index < -0.39 is 0 Å². The Morgan fingerprint density at radius 1 is 1.18 bits per heavy atom. The number of aliphatic hydroxyl groups excluding tert-OH is 1. The standard InChI is InChI=1S/C15H25NO/c1-3-4-6-9-13(2)16-12-15(17)14-10-7-5-8-11-14/h5,7-8,10-11,13,15-17H,3-4,6,9,12H2,1-2H3/p+1/t13-,15-/m1/s1. The van der Waals surface area contributed by atoms with E-state index in [1.54, 1.807) is 0 Å². The van der Waals surface area contributed by atoms with Crippen molar-refractivity contribution in [3.8, 4) is 0 Å². The Hall–Kier alpha value is -0.860. The largest absolute Gasteiger partial charge is 0.382 e. The predicted octanol–water partition coefficient (Wildman–Crippen LogP) is 2.25. The monoisotopic (exact) mass is 236 g/mol. The van der Waals surface area contributed by atoms with Crippen LogP contribution in [0, 0.1) is 0 Å². The van der Waals surface area contributed by atoms with Crippen molar-refractivity contribution in [3.05, 3.63) is 35.9 Å². The van der Waals surface area contributed by atoms with Crippen LogP contribution in [0.15, 0.2) is 30.3 Å². The lowest BCUT2D eigenvalue weighted by Crippen LogP contribution is -2.90. The highest BCUT2D eigenvalue weighted by Gasteiger charge is 2.11. The van der Waals surface area contributed by atoms with E-state index in [4.69, 9.17) is 0 Å². The Balaban J connectivity index is 2.21. The SMILES string of the molecule is CCCCC[C@@H](C)[NH2+]C[C@@H](O)c1ccccc1. The molecule has 0 saturated heterocycles. The smallest absolute Gasteiger partial charge is 0.128 e. The summed E-state index contributed by atoms with van der Waals surface area (Å²) in [5.41, 5.74) is 1.02. The maximum absolute atomic E-state index is 10.0. The molecule has 1 aromatic carbocycles. The Morgan fingerprint density at radius 3 is 2.53 bits per heavy atom. The molecule has 0 aliphatic heterocycles. The molecule has 0 radical (unpaired) electrons. The summed E-state index contributed by atoms with van der Waals surface area (Å²) in [6.07, 6.45) is 4.80. The van der Waals surface area contributed by atoms with Crippen LogP contribution in [-0.2, 0) is 0 Å². The molecular formula is C15H26NO+. The van der Waals surface area contributed by atoms with Gasteiger partial charge in [-0.25, -0.2) is 0 Å². The summed E-state index contributed by atoms with van der Waals surface area (Å²) in [6, 6.07) is 10.5. The Kier molecular flexibility index (Phi) is 6.90. The van der Waals surface area contributed by atoms with Gasteiger partial charge in [0.15, 0.2) is 0 Å². The highest BCUT2D eigenvalue weighted by Crippen LogP contribution is 2.09. The van der Waals surface area contributed by atoms with Crippen molar-refractivity contribution in [2.24, 2.45) is 0 Å². The zero-order chi connectivity index (χ0) is 12.5.